The molecule has 2 N–H and O–H groups in total. The van der Waals surface area contributed by atoms with Gasteiger partial charge in [0.1, 0.15) is 11.6 Å². The van der Waals surface area contributed by atoms with Crippen molar-refractivity contribution in [3.8, 4) is 0 Å². The predicted molar refractivity (Wildman–Crippen MR) is 87.2 cm³/mol. The minimum atomic E-state index is -1.03. The van der Waals surface area contributed by atoms with E-state index in [1.807, 2.05) is 44.2 Å². The average molecular weight is 319 g/mol. The minimum Gasteiger partial charge on any atom is -0.480 e. The number of carboxylic acid groups (broad SMARTS) is 1. The molecule has 1 fully saturated rings. The number of nitrogens with one attached hydrogen (secondary N) is 1. The van der Waals surface area contributed by atoms with Crippen LogP contribution >= 0.6 is 0 Å². The van der Waals surface area contributed by atoms with E-state index in [-0.39, 0.29) is 5.92 Å². The first-order chi connectivity index (χ1) is 10.9. The highest BCUT2D eigenvalue weighted by Crippen LogP contribution is 2.38. The van der Waals surface area contributed by atoms with E-state index in [0.717, 1.165) is 24.8 Å². The monoisotopic (exact) mass is 319 g/mol. The number of hydrogen-bond donors (Lipinski definition) is 2. The van der Waals surface area contributed by atoms with Crippen LogP contribution in [0.1, 0.15) is 45.1 Å². The van der Waals surface area contributed by atoms with E-state index in [0.29, 0.717) is 12.8 Å². The van der Waals surface area contributed by atoms with Gasteiger partial charge in [0.15, 0.2) is 0 Å². The highest BCUT2D eigenvalue weighted by molar-refractivity contribution is 5.80. The van der Waals surface area contributed by atoms with Gasteiger partial charge < -0.3 is 15.2 Å². The van der Waals surface area contributed by atoms with Crippen LogP contribution in [0.3, 0.4) is 0 Å². The second-order valence-electron chi connectivity index (χ2n) is 6.75. The summed E-state index contributed by atoms with van der Waals surface area (Å²) in [7, 11) is 0. The highest BCUT2D eigenvalue weighted by Gasteiger charge is 2.41. The molecule has 5 heteroatoms. The Kier molecular flexibility index (Phi) is 5.64. The van der Waals surface area contributed by atoms with Gasteiger partial charge in [-0.1, -0.05) is 44.2 Å². The lowest BCUT2D eigenvalue weighted by atomic mass is 9.76. The van der Waals surface area contributed by atoms with Gasteiger partial charge in [0.25, 0.3) is 0 Å². The normalized spacial score (nSPS) is 17.2. The summed E-state index contributed by atoms with van der Waals surface area (Å²) < 4.78 is 5.63. The Bertz CT molecular complexity index is 537. The molecule has 23 heavy (non-hydrogen) atoms. The van der Waals surface area contributed by atoms with E-state index >= 15 is 0 Å². The molecule has 126 valence electrons. The second-order valence-corrected chi connectivity index (χ2v) is 6.75. The summed E-state index contributed by atoms with van der Waals surface area (Å²) in [5.41, 5.74) is 0.628. The molecule has 1 aromatic rings. The van der Waals surface area contributed by atoms with Gasteiger partial charge in [0.05, 0.1) is 0 Å². The zero-order valence-corrected chi connectivity index (χ0v) is 13.7. The molecule has 0 heterocycles. The van der Waals surface area contributed by atoms with Crippen LogP contribution in [0.4, 0.5) is 4.79 Å². The molecule has 1 aliphatic rings. The Morgan fingerprint density at radius 2 is 1.91 bits per heavy atom. The number of ether oxygens (including phenoxy) is 1. The fraction of sp³-hybridized carbons (Fsp3) is 0.556. The first-order valence-electron chi connectivity index (χ1n) is 8.16. The highest BCUT2D eigenvalue weighted by atomic mass is 16.6. The number of carbonyl (C=O) groups excluding carboxylic acids is 1. The van der Waals surface area contributed by atoms with E-state index in [1.165, 1.54) is 0 Å². The number of amides is 1. The summed E-state index contributed by atoms with van der Waals surface area (Å²) in [5, 5.41) is 11.7. The third kappa shape index (κ3) is 4.98. The topological polar surface area (TPSA) is 75.6 Å². The lowest BCUT2D eigenvalue weighted by Crippen LogP contribution is -2.49. The summed E-state index contributed by atoms with van der Waals surface area (Å²) in [6.07, 6.45) is 3.08. The molecule has 0 spiro atoms. The zero-order chi connectivity index (χ0) is 16.9. The van der Waals surface area contributed by atoms with Crippen molar-refractivity contribution in [3.63, 3.8) is 0 Å². The molecule has 1 amide bonds. The van der Waals surface area contributed by atoms with E-state index in [4.69, 9.17) is 4.74 Å². The quantitative estimate of drug-likeness (QED) is 0.808. The van der Waals surface area contributed by atoms with Crippen LogP contribution in [0.25, 0.3) is 0 Å². The lowest BCUT2D eigenvalue weighted by molar-refractivity contribution is -0.140. The van der Waals surface area contributed by atoms with Crippen LogP contribution in [0.5, 0.6) is 0 Å². The Balaban J connectivity index is 1.95. The third-order valence-electron chi connectivity index (χ3n) is 4.24. The van der Waals surface area contributed by atoms with Crippen LogP contribution in [0, 0.1) is 5.92 Å². The van der Waals surface area contributed by atoms with Gasteiger partial charge >= 0.3 is 12.1 Å². The van der Waals surface area contributed by atoms with E-state index in [1.54, 1.807) is 0 Å². The number of rotatable bonds is 7. The number of carboxylic acids is 1. The number of carbonyl (C=O) groups is 2. The maximum atomic E-state index is 12.1. The SMILES string of the molecule is CC(C)CC(NC(=O)OC1(Cc2ccccc2)CCC1)C(=O)O. The van der Waals surface area contributed by atoms with Crippen LogP contribution in [0.2, 0.25) is 0 Å². The van der Waals surface area contributed by atoms with E-state index < -0.39 is 23.7 Å². The Hall–Kier alpha value is -2.04. The molecule has 1 saturated carbocycles. The van der Waals surface area contributed by atoms with Gasteiger partial charge in [0, 0.05) is 6.42 Å². The number of benzene rings is 1. The summed E-state index contributed by atoms with van der Waals surface area (Å²) in [4.78, 5) is 23.4. The van der Waals surface area contributed by atoms with E-state index in [9.17, 15) is 14.7 Å². The smallest absolute Gasteiger partial charge is 0.408 e. The van der Waals surface area contributed by atoms with Crippen LogP contribution in [-0.4, -0.2) is 28.8 Å². The van der Waals surface area contributed by atoms with Crippen molar-refractivity contribution in [1.29, 1.82) is 0 Å². The summed E-state index contributed by atoms with van der Waals surface area (Å²) in [6, 6.07) is 9.00. The molecule has 1 unspecified atom stereocenters. The Labute approximate surface area is 137 Å². The molecule has 5 nitrogen and oxygen atoms in total. The molecule has 2 rings (SSSR count). The molecule has 0 radical (unpaired) electrons. The van der Waals surface area contributed by atoms with Crippen molar-refractivity contribution < 1.29 is 19.4 Å². The first kappa shape index (κ1) is 17.3. The van der Waals surface area contributed by atoms with Crippen molar-refractivity contribution in [3.05, 3.63) is 35.9 Å². The molecule has 0 aliphatic heterocycles. The summed E-state index contributed by atoms with van der Waals surface area (Å²) in [6.45, 7) is 3.84. The number of aliphatic carboxylic acids is 1. The maximum Gasteiger partial charge on any atom is 0.408 e. The van der Waals surface area contributed by atoms with Gasteiger partial charge in [0.2, 0.25) is 0 Å². The fourth-order valence-electron chi connectivity index (χ4n) is 2.92. The van der Waals surface area contributed by atoms with Gasteiger partial charge in [-0.15, -0.1) is 0 Å². The molecule has 0 aromatic heterocycles. The summed E-state index contributed by atoms with van der Waals surface area (Å²) in [5.74, 6) is -0.847. The van der Waals surface area contributed by atoms with Crippen molar-refractivity contribution >= 4 is 12.1 Å². The Morgan fingerprint density at radius 3 is 2.39 bits per heavy atom. The largest absolute Gasteiger partial charge is 0.480 e. The molecular formula is C18H25NO4. The lowest BCUT2D eigenvalue weighted by Gasteiger charge is -2.41. The van der Waals surface area contributed by atoms with Gasteiger partial charge in [-0.05, 0) is 37.2 Å². The van der Waals surface area contributed by atoms with Crippen molar-refractivity contribution in [2.75, 3.05) is 0 Å². The fourth-order valence-corrected chi connectivity index (χ4v) is 2.92. The first-order valence-corrected chi connectivity index (χ1v) is 8.16. The van der Waals surface area contributed by atoms with Crippen LogP contribution in [-0.2, 0) is 16.0 Å². The Morgan fingerprint density at radius 1 is 1.26 bits per heavy atom. The predicted octanol–water partition coefficient (Wildman–Crippen LogP) is 3.38. The van der Waals surface area contributed by atoms with Crippen molar-refractivity contribution in [2.24, 2.45) is 5.92 Å². The zero-order valence-electron chi connectivity index (χ0n) is 13.7. The molecule has 1 aliphatic carbocycles. The number of alkyl carbamates (subject to hydrolysis) is 1. The third-order valence-corrected chi connectivity index (χ3v) is 4.24. The van der Waals surface area contributed by atoms with Crippen molar-refractivity contribution in [1.82, 2.24) is 5.32 Å². The molecule has 0 bridgehead atoms. The average Bonchev–Trinajstić information content (AvgIpc) is 2.44. The van der Waals surface area contributed by atoms with Gasteiger partial charge in [-0.25, -0.2) is 9.59 Å². The minimum absolute atomic E-state index is 0.179. The standard InChI is InChI=1S/C18H25NO4/c1-13(2)11-15(16(20)21)19-17(22)23-18(9-6-10-18)12-14-7-4-3-5-8-14/h3-5,7-8,13,15H,6,9-12H2,1-2H3,(H,19,22)(H,20,21). The van der Waals surface area contributed by atoms with Crippen LogP contribution < -0.4 is 5.32 Å². The molecular weight excluding hydrogens is 294 g/mol. The molecule has 1 aromatic carbocycles. The molecule has 0 saturated heterocycles. The van der Waals surface area contributed by atoms with Crippen molar-refractivity contribution in [2.45, 2.75) is 57.6 Å². The van der Waals surface area contributed by atoms with Gasteiger partial charge in [-0.2, -0.15) is 0 Å². The number of hydrogen-bond acceptors (Lipinski definition) is 3. The van der Waals surface area contributed by atoms with E-state index in [2.05, 4.69) is 5.32 Å². The summed E-state index contributed by atoms with van der Waals surface area (Å²) >= 11 is 0. The maximum absolute atomic E-state index is 12.1. The van der Waals surface area contributed by atoms with Crippen LogP contribution in [0.15, 0.2) is 30.3 Å². The molecule has 1 atom stereocenters. The second kappa shape index (κ2) is 7.49. The van der Waals surface area contributed by atoms with Gasteiger partial charge in [-0.3, -0.25) is 0 Å².